The molecule has 0 aliphatic carbocycles. The Hall–Kier alpha value is -2.30. The number of carbonyl (C=O) groups excluding carboxylic acids is 1. The van der Waals surface area contributed by atoms with Gasteiger partial charge in [0.25, 0.3) is 5.91 Å². The highest BCUT2D eigenvalue weighted by molar-refractivity contribution is 5.97. The number of amides is 1. The maximum atomic E-state index is 11.9. The van der Waals surface area contributed by atoms with Gasteiger partial charge in [0, 0.05) is 19.4 Å². The van der Waals surface area contributed by atoms with Crippen LogP contribution in [0.1, 0.15) is 19.6 Å². The highest BCUT2D eigenvalue weighted by Gasteiger charge is 2.10. The van der Waals surface area contributed by atoms with E-state index in [1.807, 2.05) is 19.9 Å². The van der Waals surface area contributed by atoms with Crippen molar-refractivity contribution in [3.05, 3.63) is 35.9 Å². The van der Waals surface area contributed by atoms with Crippen LogP contribution < -0.4 is 10.6 Å². The van der Waals surface area contributed by atoms with Gasteiger partial charge in [0.1, 0.15) is 17.4 Å². The Bertz CT molecular complexity index is 499. The molecule has 0 saturated carbocycles. The molecule has 1 aromatic heterocycles. The SMILES string of the molecule is CCOC(CN/C=C(/C#N)C(=O)NCc1ccco1)OCC. The van der Waals surface area contributed by atoms with Gasteiger partial charge in [0.05, 0.1) is 19.4 Å². The van der Waals surface area contributed by atoms with Crippen molar-refractivity contribution >= 4 is 5.91 Å². The predicted octanol–water partition coefficient (Wildman–Crippen LogP) is 1.29. The zero-order valence-corrected chi connectivity index (χ0v) is 12.8. The molecule has 0 spiro atoms. The minimum absolute atomic E-state index is 0.0293. The molecule has 1 amide bonds. The van der Waals surface area contributed by atoms with E-state index in [1.54, 1.807) is 12.1 Å². The van der Waals surface area contributed by atoms with Gasteiger partial charge in [-0.1, -0.05) is 0 Å². The van der Waals surface area contributed by atoms with Crippen molar-refractivity contribution in [1.82, 2.24) is 10.6 Å². The maximum Gasteiger partial charge on any atom is 0.263 e. The van der Waals surface area contributed by atoms with E-state index < -0.39 is 12.2 Å². The molecule has 0 bridgehead atoms. The van der Waals surface area contributed by atoms with E-state index in [9.17, 15) is 4.79 Å². The van der Waals surface area contributed by atoms with Crippen molar-refractivity contribution < 1.29 is 18.7 Å². The van der Waals surface area contributed by atoms with Gasteiger partial charge in [0.2, 0.25) is 0 Å². The summed E-state index contributed by atoms with van der Waals surface area (Å²) in [6.45, 7) is 5.34. The fourth-order valence-electron chi connectivity index (χ4n) is 1.62. The molecule has 0 fully saturated rings. The molecule has 0 aromatic carbocycles. The zero-order valence-electron chi connectivity index (χ0n) is 12.8. The highest BCUT2D eigenvalue weighted by Crippen LogP contribution is 2.00. The predicted molar refractivity (Wildman–Crippen MR) is 79.3 cm³/mol. The number of furan rings is 1. The van der Waals surface area contributed by atoms with Gasteiger partial charge < -0.3 is 24.5 Å². The van der Waals surface area contributed by atoms with Gasteiger partial charge in [-0.2, -0.15) is 5.26 Å². The van der Waals surface area contributed by atoms with Crippen molar-refractivity contribution in [2.24, 2.45) is 0 Å². The molecule has 1 aromatic rings. The first-order valence-electron chi connectivity index (χ1n) is 7.08. The van der Waals surface area contributed by atoms with E-state index >= 15 is 0 Å². The molecule has 2 N–H and O–H groups in total. The van der Waals surface area contributed by atoms with Gasteiger partial charge in [-0.25, -0.2) is 0 Å². The number of nitriles is 1. The fraction of sp³-hybridized carbons (Fsp3) is 0.467. The minimum atomic E-state index is -0.476. The average Bonchev–Trinajstić information content (AvgIpc) is 3.03. The van der Waals surface area contributed by atoms with E-state index in [1.165, 1.54) is 12.5 Å². The highest BCUT2D eigenvalue weighted by atomic mass is 16.7. The lowest BCUT2D eigenvalue weighted by atomic mass is 10.3. The van der Waals surface area contributed by atoms with Gasteiger partial charge in [-0.3, -0.25) is 4.79 Å². The summed E-state index contributed by atoms with van der Waals surface area (Å²) in [6.07, 6.45) is 2.45. The van der Waals surface area contributed by atoms with Gasteiger partial charge in [-0.05, 0) is 26.0 Å². The molecule has 120 valence electrons. The second-order valence-electron chi connectivity index (χ2n) is 4.18. The largest absolute Gasteiger partial charge is 0.467 e. The Morgan fingerprint density at radius 2 is 2.18 bits per heavy atom. The number of hydrogen-bond donors (Lipinski definition) is 2. The summed E-state index contributed by atoms with van der Waals surface area (Å²) in [5.41, 5.74) is -0.0293. The summed E-state index contributed by atoms with van der Waals surface area (Å²) in [7, 11) is 0. The first-order valence-corrected chi connectivity index (χ1v) is 7.08. The van der Waals surface area contributed by atoms with E-state index in [4.69, 9.17) is 19.2 Å². The molecule has 7 nitrogen and oxygen atoms in total. The average molecular weight is 307 g/mol. The molecule has 7 heteroatoms. The van der Waals surface area contributed by atoms with E-state index in [2.05, 4.69) is 10.6 Å². The summed E-state index contributed by atoms with van der Waals surface area (Å²) in [4.78, 5) is 11.9. The summed E-state index contributed by atoms with van der Waals surface area (Å²) in [5.74, 6) is 0.141. The van der Waals surface area contributed by atoms with Crippen molar-refractivity contribution in [1.29, 1.82) is 5.26 Å². The van der Waals surface area contributed by atoms with Crippen LogP contribution in [0.5, 0.6) is 0 Å². The number of nitrogens with zero attached hydrogens (tertiary/aromatic N) is 1. The number of hydrogen-bond acceptors (Lipinski definition) is 6. The van der Waals surface area contributed by atoms with Gasteiger partial charge in [-0.15, -0.1) is 0 Å². The summed E-state index contributed by atoms with van der Waals surface area (Å²) in [5, 5.41) is 14.5. The van der Waals surface area contributed by atoms with Crippen molar-refractivity contribution in [2.75, 3.05) is 19.8 Å². The first kappa shape index (κ1) is 17.8. The second kappa shape index (κ2) is 10.4. The molecule has 1 heterocycles. The fourth-order valence-corrected chi connectivity index (χ4v) is 1.62. The Morgan fingerprint density at radius 3 is 2.73 bits per heavy atom. The molecule has 0 atom stereocenters. The van der Waals surface area contributed by atoms with E-state index in [0.717, 1.165) is 0 Å². The number of nitrogens with one attached hydrogen (secondary N) is 2. The minimum Gasteiger partial charge on any atom is -0.467 e. The standard InChI is InChI=1S/C15H21N3O4/c1-3-20-14(21-4-2)11-17-9-12(8-16)15(19)18-10-13-6-5-7-22-13/h5-7,9,14,17H,3-4,10-11H2,1-2H3,(H,18,19)/b12-9-. The summed E-state index contributed by atoms with van der Waals surface area (Å²) >= 11 is 0. The van der Waals surface area contributed by atoms with Crippen LogP contribution in [0.3, 0.4) is 0 Å². The van der Waals surface area contributed by atoms with Crippen molar-refractivity contribution in [3.8, 4) is 6.07 Å². The van der Waals surface area contributed by atoms with Crippen LogP contribution in [0.2, 0.25) is 0 Å². The first-order chi connectivity index (χ1) is 10.7. The van der Waals surface area contributed by atoms with Gasteiger partial charge >= 0.3 is 0 Å². The van der Waals surface area contributed by atoms with Crippen LogP contribution in [0.4, 0.5) is 0 Å². The molecule has 0 saturated heterocycles. The molecule has 0 aliphatic heterocycles. The van der Waals surface area contributed by atoms with Crippen molar-refractivity contribution in [3.63, 3.8) is 0 Å². The van der Waals surface area contributed by atoms with E-state index in [-0.39, 0.29) is 12.1 Å². The third kappa shape index (κ3) is 6.43. The normalized spacial score (nSPS) is 11.3. The topological polar surface area (TPSA) is 96.5 Å². The number of ether oxygens (including phenoxy) is 2. The van der Waals surface area contributed by atoms with Crippen LogP contribution in [0.25, 0.3) is 0 Å². The van der Waals surface area contributed by atoms with Crippen LogP contribution >= 0.6 is 0 Å². The second-order valence-corrected chi connectivity index (χ2v) is 4.18. The Morgan fingerprint density at radius 1 is 1.45 bits per heavy atom. The Balaban J connectivity index is 2.44. The molecular weight excluding hydrogens is 286 g/mol. The third-order valence-electron chi connectivity index (χ3n) is 2.60. The lowest BCUT2D eigenvalue weighted by Crippen LogP contribution is -2.30. The number of carbonyl (C=O) groups is 1. The van der Waals surface area contributed by atoms with Crippen LogP contribution in [0, 0.1) is 11.3 Å². The quantitative estimate of drug-likeness (QED) is 0.384. The Labute approximate surface area is 129 Å². The van der Waals surface area contributed by atoms with Crippen LogP contribution in [-0.4, -0.2) is 32.0 Å². The maximum absolute atomic E-state index is 11.9. The Kier molecular flexibility index (Phi) is 8.42. The van der Waals surface area contributed by atoms with Crippen LogP contribution in [-0.2, 0) is 20.8 Å². The lowest BCUT2D eigenvalue weighted by molar-refractivity contribution is -0.131. The lowest BCUT2D eigenvalue weighted by Gasteiger charge is -2.16. The van der Waals surface area contributed by atoms with E-state index in [0.29, 0.717) is 25.5 Å². The third-order valence-corrected chi connectivity index (χ3v) is 2.60. The number of rotatable bonds is 10. The molecule has 0 unspecified atom stereocenters. The molecule has 0 aliphatic rings. The summed E-state index contributed by atoms with van der Waals surface area (Å²) in [6, 6.07) is 5.31. The monoisotopic (exact) mass is 307 g/mol. The zero-order chi connectivity index (χ0) is 16.2. The molecule has 1 rings (SSSR count). The molecule has 0 radical (unpaired) electrons. The van der Waals surface area contributed by atoms with Crippen molar-refractivity contribution in [2.45, 2.75) is 26.7 Å². The molecule has 22 heavy (non-hydrogen) atoms. The van der Waals surface area contributed by atoms with Gasteiger partial charge in [0.15, 0.2) is 6.29 Å². The summed E-state index contributed by atoms with van der Waals surface area (Å²) < 4.78 is 15.8. The van der Waals surface area contributed by atoms with Crippen LogP contribution in [0.15, 0.2) is 34.6 Å². The molecular formula is C15H21N3O4. The smallest absolute Gasteiger partial charge is 0.263 e.